The standard InChI is InChI=1S/C20H22BrF2N3O3S2/c1-31(28,29)12-4-6-25(7-5-12)17(27)9-15-16-8-11(10-26(16)20(30)24-15)18-14(22)3-2-13(21)19(18)23/h2-3,11-12H,4-10H2,1H3,(H,24,30)/t11-/m1/s1. The fourth-order valence-corrected chi connectivity index (χ4v) is 6.27. The zero-order chi connectivity index (χ0) is 22.5. The van der Waals surface area contributed by atoms with Crippen molar-refractivity contribution in [1.29, 1.82) is 0 Å². The van der Waals surface area contributed by atoms with E-state index in [-0.39, 0.29) is 22.4 Å². The number of aromatic amines is 1. The lowest BCUT2D eigenvalue weighted by molar-refractivity contribution is -0.131. The fourth-order valence-electron chi connectivity index (χ4n) is 4.55. The molecule has 1 N–H and O–H groups in total. The van der Waals surface area contributed by atoms with Crippen LogP contribution in [0.15, 0.2) is 16.6 Å². The zero-order valence-corrected chi connectivity index (χ0v) is 20.0. The number of halogens is 3. The lowest BCUT2D eigenvalue weighted by Crippen LogP contribution is -2.43. The molecule has 1 fully saturated rings. The highest BCUT2D eigenvalue weighted by Crippen LogP contribution is 2.36. The van der Waals surface area contributed by atoms with Crippen LogP contribution in [0.2, 0.25) is 0 Å². The summed E-state index contributed by atoms with van der Waals surface area (Å²) >= 11 is 8.49. The number of nitrogens with zero attached hydrogens (tertiary/aromatic N) is 2. The molecule has 1 atom stereocenters. The molecular formula is C20H22BrF2N3O3S2. The second-order valence-electron chi connectivity index (χ2n) is 8.21. The van der Waals surface area contributed by atoms with E-state index in [0.717, 1.165) is 5.69 Å². The highest BCUT2D eigenvalue weighted by Gasteiger charge is 2.33. The molecule has 1 aromatic heterocycles. The number of hydrogen-bond donors (Lipinski definition) is 1. The van der Waals surface area contributed by atoms with Crippen molar-refractivity contribution >= 4 is 43.9 Å². The van der Waals surface area contributed by atoms with Crippen molar-refractivity contribution < 1.29 is 22.0 Å². The lowest BCUT2D eigenvalue weighted by atomic mass is 9.95. The Hall–Kier alpha value is -1.59. The minimum Gasteiger partial charge on any atom is -0.342 e. The Balaban J connectivity index is 1.50. The summed E-state index contributed by atoms with van der Waals surface area (Å²) < 4.78 is 54.8. The molecule has 31 heavy (non-hydrogen) atoms. The van der Waals surface area contributed by atoms with Gasteiger partial charge in [0.05, 0.1) is 16.1 Å². The van der Waals surface area contributed by atoms with Crippen LogP contribution in [0.1, 0.15) is 35.7 Å². The quantitative estimate of drug-likeness (QED) is 0.482. The summed E-state index contributed by atoms with van der Waals surface area (Å²) in [5.74, 6) is -1.74. The average Bonchev–Trinajstić information content (AvgIpc) is 3.26. The topological polar surface area (TPSA) is 75.2 Å². The van der Waals surface area contributed by atoms with Gasteiger partial charge in [-0.2, -0.15) is 0 Å². The molecule has 2 aromatic rings. The maximum Gasteiger partial charge on any atom is 0.228 e. The first-order chi connectivity index (χ1) is 14.6. The van der Waals surface area contributed by atoms with Gasteiger partial charge in [-0.15, -0.1) is 0 Å². The number of rotatable bonds is 4. The highest BCUT2D eigenvalue weighted by atomic mass is 79.9. The molecule has 1 amide bonds. The van der Waals surface area contributed by atoms with Crippen LogP contribution in [-0.4, -0.2) is 53.4 Å². The van der Waals surface area contributed by atoms with Gasteiger partial charge >= 0.3 is 0 Å². The van der Waals surface area contributed by atoms with Crippen molar-refractivity contribution in [2.75, 3.05) is 19.3 Å². The number of H-pyrrole nitrogens is 1. The molecule has 11 heteroatoms. The number of likely N-dealkylation sites (tertiary alicyclic amines) is 1. The van der Waals surface area contributed by atoms with Gasteiger partial charge in [0.1, 0.15) is 21.5 Å². The molecule has 0 spiro atoms. The van der Waals surface area contributed by atoms with Gasteiger partial charge in [0.25, 0.3) is 0 Å². The van der Waals surface area contributed by atoms with Crippen molar-refractivity contribution in [2.24, 2.45) is 0 Å². The molecule has 0 saturated carbocycles. The van der Waals surface area contributed by atoms with E-state index in [4.69, 9.17) is 12.2 Å². The van der Waals surface area contributed by atoms with E-state index < -0.39 is 32.6 Å². The summed E-state index contributed by atoms with van der Waals surface area (Å²) in [6, 6.07) is 2.58. The Bertz CT molecular complexity index is 1200. The van der Waals surface area contributed by atoms with Crippen LogP contribution in [0.5, 0.6) is 0 Å². The SMILES string of the molecule is CS(=O)(=O)C1CCN(C(=O)Cc2[nH]c(=S)n3c2C[C@@H](c2c(F)ccc(Br)c2F)C3)CC1. The molecule has 6 nitrogen and oxygen atoms in total. The largest absolute Gasteiger partial charge is 0.342 e. The maximum atomic E-state index is 14.6. The summed E-state index contributed by atoms with van der Waals surface area (Å²) in [5.41, 5.74) is 1.46. The normalized spacial score (nSPS) is 19.6. The molecule has 2 aliphatic rings. The molecule has 0 aliphatic carbocycles. The maximum absolute atomic E-state index is 14.6. The summed E-state index contributed by atoms with van der Waals surface area (Å²) in [6.45, 7) is 1.12. The van der Waals surface area contributed by atoms with Crippen molar-refractivity contribution in [3.05, 3.63) is 50.0 Å². The molecular weight excluding hydrogens is 512 g/mol. The highest BCUT2D eigenvalue weighted by molar-refractivity contribution is 9.10. The molecule has 3 heterocycles. The van der Waals surface area contributed by atoms with E-state index in [2.05, 4.69) is 20.9 Å². The van der Waals surface area contributed by atoms with Crippen molar-refractivity contribution in [2.45, 2.75) is 43.4 Å². The monoisotopic (exact) mass is 533 g/mol. The number of carbonyl (C=O) groups is 1. The number of amides is 1. The minimum absolute atomic E-state index is 0.0209. The van der Waals surface area contributed by atoms with Crippen LogP contribution < -0.4 is 0 Å². The summed E-state index contributed by atoms with van der Waals surface area (Å²) in [5, 5.41) is -0.406. The first kappa shape index (κ1) is 22.6. The van der Waals surface area contributed by atoms with E-state index in [0.29, 0.717) is 49.4 Å². The summed E-state index contributed by atoms with van der Waals surface area (Å²) in [4.78, 5) is 17.6. The number of benzene rings is 1. The smallest absolute Gasteiger partial charge is 0.228 e. The van der Waals surface area contributed by atoms with Gasteiger partial charge in [-0.3, -0.25) is 4.79 Å². The van der Waals surface area contributed by atoms with Gasteiger partial charge in [-0.1, -0.05) is 0 Å². The Morgan fingerprint density at radius 3 is 2.61 bits per heavy atom. The number of sulfone groups is 1. The van der Waals surface area contributed by atoms with E-state index in [1.165, 1.54) is 18.4 Å². The molecule has 0 bridgehead atoms. The molecule has 0 radical (unpaired) electrons. The van der Waals surface area contributed by atoms with Crippen molar-refractivity contribution in [3.63, 3.8) is 0 Å². The fraction of sp³-hybridized carbons (Fsp3) is 0.500. The number of imidazole rings is 1. The first-order valence-electron chi connectivity index (χ1n) is 9.96. The van der Waals surface area contributed by atoms with Crippen molar-refractivity contribution in [1.82, 2.24) is 14.5 Å². The van der Waals surface area contributed by atoms with Gasteiger partial charge in [-0.25, -0.2) is 17.2 Å². The van der Waals surface area contributed by atoms with Crippen LogP contribution in [0.4, 0.5) is 8.78 Å². The predicted molar refractivity (Wildman–Crippen MR) is 118 cm³/mol. The van der Waals surface area contributed by atoms with Gasteiger partial charge < -0.3 is 14.5 Å². The van der Waals surface area contributed by atoms with Gasteiger partial charge in [0, 0.05) is 48.8 Å². The van der Waals surface area contributed by atoms with Crippen LogP contribution in [-0.2, 0) is 34.0 Å². The first-order valence-corrected chi connectivity index (χ1v) is 13.1. The molecule has 4 rings (SSSR count). The van der Waals surface area contributed by atoms with Crippen molar-refractivity contribution in [3.8, 4) is 0 Å². The summed E-state index contributed by atoms with van der Waals surface area (Å²) in [6.07, 6.45) is 2.55. The van der Waals surface area contributed by atoms with Gasteiger partial charge in [0.15, 0.2) is 4.77 Å². The summed E-state index contributed by atoms with van der Waals surface area (Å²) in [7, 11) is -3.11. The third-order valence-electron chi connectivity index (χ3n) is 6.24. The number of piperidine rings is 1. The van der Waals surface area contributed by atoms with E-state index in [1.54, 1.807) is 9.47 Å². The number of fused-ring (bicyclic) bond motifs is 1. The number of aromatic nitrogens is 2. The van der Waals surface area contributed by atoms with Crippen LogP contribution >= 0.6 is 28.1 Å². The zero-order valence-electron chi connectivity index (χ0n) is 16.8. The molecule has 168 valence electrons. The molecule has 1 saturated heterocycles. The van der Waals surface area contributed by atoms with E-state index in [9.17, 15) is 22.0 Å². The third kappa shape index (κ3) is 4.36. The lowest BCUT2D eigenvalue weighted by Gasteiger charge is -2.31. The van der Waals surface area contributed by atoms with Crippen LogP contribution in [0, 0.1) is 16.4 Å². The molecule has 1 aromatic carbocycles. The molecule has 2 aliphatic heterocycles. The Morgan fingerprint density at radius 1 is 1.29 bits per heavy atom. The van der Waals surface area contributed by atoms with Crippen LogP contribution in [0.3, 0.4) is 0 Å². The van der Waals surface area contributed by atoms with Gasteiger partial charge in [-0.05, 0) is 59.5 Å². The third-order valence-corrected chi connectivity index (χ3v) is 8.85. The minimum atomic E-state index is -3.11. The molecule has 0 unspecified atom stereocenters. The second-order valence-corrected chi connectivity index (χ2v) is 11.8. The van der Waals surface area contributed by atoms with E-state index >= 15 is 0 Å². The van der Waals surface area contributed by atoms with E-state index in [1.807, 2.05) is 0 Å². The Kier molecular flexibility index (Phi) is 6.12. The predicted octanol–water partition coefficient (Wildman–Crippen LogP) is 3.50. The van der Waals surface area contributed by atoms with Crippen LogP contribution in [0.25, 0.3) is 0 Å². The Labute approximate surface area is 192 Å². The number of carbonyl (C=O) groups excluding carboxylic acids is 1. The average molecular weight is 534 g/mol. The second kappa shape index (κ2) is 8.40. The Morgan fingerprint density at radius 2 is 1.97 bits per heavy atom. The number of nitrogens with one attached hydrogen (secondary N) is 1. The number of hydrogen-bond acceptors (Lipinski definition) is 4. The van der Waals surface area contributed by atoms with Gasteiger partial charge in [0.2, 0.25) is 5.91 Å².